The van der Waals surface area contributed by atoms with Gasteiger partial charge in [0.1, 0.15) is 11.5 Å². The van der Waals surface area contributed by atoms with E-state index in [4.69, 9.17) is 11.6 Å². The molecule has 0 N–H and O–H groups in total. The second-order valence-electron chi connectivity index (χ2n) is 4.09. The summed E-state index contributed by atoms with van der Waals surface area (Å²) in [5.41, 5.74) is 4.29. The van der Waals surface area contributed by atoms with Gasteiger partial charge in [0.25, 0.3) is 0 Å². The molecule has 0 saturated heterocycles. The first-order valence-electron chi connectivity index (χ1n) is 5.78. The maximum atomic E-state index is 6.01. The van der Waals surface area contributed by atoms with Crippen molar-refractivity contribution in [3.63, 3.8) is 0 Å². The Balaban J connectivity index is 2.45. The zero-order valence-corrected chi connectivity index (χ0v) is 10.8. The highest BCUT2D eigenvalue weighted by molar-refractivity contribution is 6.30. The van der Waals surface area contributed by atoms with E-state index in [0.29, 0.717) is 5.15 Å². The fraction of sp³-hybridized carbons (Fsp3) is 0.286. The zero-order valence-electron chi connectivity index (χ0n) is 10.1. The molecule has 17 heavy (non-hydrogen) atoms. The molecule has 2 nitrogen and oxygen atoms in total. The molecule has 0 atom stereocenters. The lowest BCUT2D eigenvalue weighted by atomic mass is 10.0. The van der Waals surface area contributed by atoms with Crippen molar-refractivity contribution < 1.29 is 0 Å². The zero-order chi connectivity index (χ0) is 12.3. The van der Waals surface area contributed by atoms with Crippen LogP contribution in [-0.4, -0.2) is 9.97 Å². The first-order chi connectivity index (χ1) is 8.22. The summed E-state index contributed by atoms with van der Waals surface area (Å²) in [5, 5.41) is 0.524. The molecule has 0 bridgehead atoms. The van der Waals surface area contributed by atoms with Crippen molar-refractivity contribution in [2.24, 2.45) is 0 Å². The molecular formula is C14H15ClN2. The van der Waals surface area contributed by atoms with Crippen LogP contribution in [0, 0.1) is 6.92 Å². The SMILES string of the molecule is CCCc1cccc(-c2ncnc(Cl)c2C)c1. The smallest absolute Gasteiger partial charge is 0.135 e. The maximum Gasteiger partial charge on any atom is 0.135 e. The lowest BCUT2D eigenvalue weighted by Gasteiger charge is -2.07. The largest absolute Gasteiger partial charge is 0.236 e. The number of hydrogen-bond donors (Lipinski definition) is 0. The standard InChI is InChI=1S/C14H15ClN2/c1-3-5-11-6-4-7-12(8-11)13-10(2)14(15)17-9-16-13/h4,6-9H,3,5H2,1-2H3. The Bertz CT molecular complexity index is 523. The predicted octanol–water partition coefficient (Wildman–Crippen LogP) is 4.06. The van der Waals surface area contributed by atoms with Crippen LogP contribution < -0.4 is 0 Å². The third-order valence-corrected chi connectivity index (χ3v) is 3.14. The summed E-state index contributed by atoms with van der Waals surface area (Å²) < 4.78 is 0. The van der Waals surface area contributed by atoms with Crippen LogP contribution in [0.1, 0.15) is 24.5 Å². The van der Waals surface area contributed by atoms with Crippen molar-refractivity contribution in [2.45, 2.75) is 26.7 Å². The number of halogens is 1. The fourth-order valence-corrected chi connectivity index (χ4v) is 2.02. The number of nitrogens with zero attached hydrogens (tertiary/aromatic N) is 2. The van der Waals surface area contributed by atoms with E-state index >= 15 is 0 Å². The Hall–Kier alpha value is -1.41. The number of benzene rings is 1. The quantitative estimate of drug-likeness (QED) is 0.764. The van der Waals surface area contributed by atoms with Crippen LogP contribution in [0.15, 0.2) is 30.6 Å². The van der Waals surface area contributed by atoms with Crippen LogP contribution >= 0.6 is 11.6 Å². The number of aryl methyl sites for hydroxylation is 1. The second-order valence-corrected chi connectivity index (χ2v) is 4.45. The van der Waals surface area contributed by atoms with Gasteiger partial charge in [-0.25, -0.2) is 9.97 Å². The summed E-state index contributed by atoms with van der Waals surface area (Å²) in [6, 6.07) is 8.45. The molecule has 0 amide bonds. The normalized spacial score (nSPS) is 10.5. The van der Waals surface area contributed by atoms with Gasteiger partial charge in [-0.2, -0.15) is 0 Å². The minimum Gasteiger partial charge on any atom is -0.236 e. The molecule has 0 aliphatic carbocycles. The van der Waals surface area contributed by atoms with Crippen LogP contribution in [-0.2, 0) is 6.42 Å². The van der Waals surface area contributed by atoms with Crippen molar-refractivity contribution in [3.8, 4) is 11.3 Å². The number of aromatic nitrogens is 2. The monoisotopic (exact) mass is 246 g/mol. The summed E-state index contributed by atoms with van der Waals surface area (Å²) >= 11 is 6.01. The highest BCUT2D eigenvalue weighted by Gasteiger charge is 2.07. The number of hydrogen-bond acceptors (Lipinski definition) is 2. The molecule has 1 aromatic heterocycles. The molecule has 2 rings (SSSR count). The summed E-state index contributed by atoms with van der Waals surface area (Å²) in [4.78, 5) is 8.29. The van der Waals surface area contributed by atoms with Gasteiger partial charge in [-0.3, -0.25) is 0 Å². The molecule has 0 radical (unpaired) electrons. The Kier molecular flexibility index (Phi) is 3.75. The average molecular weight is 247 g/mol. The van der Waals surface area contributed by atoms with Crippen molar-refractivity contribution in [1.29, 1.82) is 0 Å². The fourth-order valence-electron chi connectivity index (χ4n) is 1.88. The van der Waals surface area contributed by atoms with E-state index in [1.54, 1.807) is 0 Å². The Morgan fingerprint density at radius 3 is 2.82 bits per heavy atom. The summed E-state index contributed by atoms with van der Waals surface area (Å²) in [7, 11) is 0. The van der Waals surface area contributed by atoms with Gasteiger partial charge in [-0.15, -0.1) is 0 Å². The highest BCUT2D eigenvalue weighted by Crippen LogP contribution is 2.25. The predicted molar refractivity (Wildman–Crippen MR) is 71.2 cm³/mol. The Labute approximate surface area is 107 Å². The lowest BCUT2D eigenvalue weighted by molar-refractivity contribution is 0.922. The van der Waals surface area contributed by atoms with Gasteiger partial charge in [-0.05, 0) is 25.0 Å². The van der Waals surface area contributed by atoms with Crippen LogP contribution in [0.2, 0.25) is 5.15 Å². The van der Waals surface area contributed by atoms with E-state index in [2.05, 4.69) is 41.2 Å². The Morgan fingerprint density at radius 1 is 1.24 bits per heavy atom. The minimum atomic E-state index is 0.524. The van der Waals surface area contributed by atoms with Crippen LogP contribution in [0.4, 0.5) is 0 Å². The minimum absolute atomic E-state index is 0.524. The molecule has 3 heteroatoms. The third-order valence-electron chi connectivity index (χ3n) is 2.76. The van der Waals surface area contributed by atoms with Gasteiger partial charge in [0.2, 0.25) is 0 Å². The molecule has 0 spiro atoms. The number of rotatable bonds is 3. The topological polar surface area (TPSA) is 25.8 Å². The van der Waals surface area contributed by atoms with Crippen molar-refractivity contribution in [2.75, 3.05) is 0 Å². The maximum absolute atomic E-state index is 6.01. The molecule has 2 aromatic rings. The summed E-state index contributed by atoms with van der Waals surface area (Å²) in [6.07, 6.45) is 3.75. The van der Waals surface area contributed by atoms with E-state index in [0.717, 1.165) is 29.7 Å². The van der Waals surface area contributed by atoms with Crippen LogP contribution in [0.3, 0.4) is 0 Å². The molecule has 88 valence electrons. The molecule has 0 unspecified atom stereocenters. The molecular weight excluding hydrogens is 232 g/mol. The van der Waals surface area contributed by atoms with Crippen LogP contribution in [0.5, 0.6) is 0 Å². The molecule has 0 aliphatic heterocycles. The lowest BCUT2D eigenvalue weighted by Crippen LogP contribution is -1.93. The van der Waals surface area contributed by atoms with Crippen molar-refractivity contribution in [3.05, 3.63) is 46.9 Å². The van der Waals surface area contributed by atoms with Gasteiger partial charge in [0, 0.05) is 11.1 Å². The molecule has 0 fully saturated rings. The van der Waals surface area contributed by atoms with Gasteiger partial charge < -0.3 is 0 Å². The Morgan fingerprint density at radius 2 is 2.06 bits per heavy atom. The van der Waals surface area contributed by atoms with Gasteiger partial charge >= 0.3 is 0 Å². The van der Waals surface area contributed by atoms with Gasteiger partial charge in [0.05, 0.1) is 5.69 Å². The van der Waals surface area contributed by atoms with E-state index in [1.165, 1.54) is 11.9 Å². The molecule has 0 aliphatic rings. The van der Waals surface area contributed by atoms with Crippen molar-refractivity contribution >= 4 is 11.6 Å². The van der Waals surface area contributed by atoms with E-state index in [9.17, 15) is 0 Å². The molecule has 1 heterocycles. The molecule has 0 saturated carbocycles. The highest BCUT2D eigenvalue weighted by atomic mass is 35.5. The van der Waals surface area contributed by atoms with Gasteiger partial charge in [0.15, 0.2) is 0 Å². The van der Waals surface area contributed by atoms with E-state index in [-0.39, 0.29) is 0 Å². The first kappa shape index (κ1) is 12.1. The van der Waals surface area contributed by atoms with Gasteiger partial charge in [-0.1, -0.05) is 43.1 Å². The summed E-state index contributed by atoms with van der Waals surface area (Å²) in [5.74, 6) is 0. The van der Waals surface area contributed by atoms with Crippen LogP contribution in [0.25, 0.3) is 11.3 Å². The first-order valence-corrected chi connectivity index (χ1v) is 6.16. The van der Waals surface area contributed by atoms with Crippen molar-refractivity contribution in [1.82, 2.24) is 9.97 Å². The van der Waals surface area contributed by atoms with E-state index in [1.807, 2.05) is 6.92 Å². The second kappa shape index (κ2) is 5.28. The van der Waals surface area contributed by atoms with E-state index < -0.39 is 0 Å². The summed E-state index contributed by atoms with van der Waals surface area (Å²) in [6.45, 7) is 4.13. The molecule has 1 aromatic carbocycles. The average Bonchev–Trinajstić information content (AvgIpc) is 2.33. The third kappa shape index (κ3) is 2.64.